The Balaban J connectivity index is 2.34. The van der Waals surface area contributed by atoms with Crippen LogP contribution in [0.5, 0.6) is 0 Å². The number of hydrogen-bond donors (Lipinski definition) is 2. The predicted octanol–water partition coefficient (Wildman–Crippen LogP) is 4.54. The summed E-state index contributed by atoms with van der Waals surface area (Å²) in [5.41, 5.74) is -0.330. The van der Waals surface area contributed by atoms with E-state index in [2.05, 4.69) is 0 Å². The molecule has 0 aromatic heterocycles. The van der Waals surface area contributed by atoms with Crippen LogP contribution in [0.3, 0.4) is 0 Å². The second-order valence-corrected chi connectivity index (χ2v) is 8.76. The third-order valence-corrected chi connectivity index (χ3v) is 6.33. The van der Waals surface area contributed by atoms with Gasteiger partial charge in [0.1, 0.15) is 11.6 Å². The molecule has 0 aromatic rings. The number of unbranched alkanes of at least 4 members (excludes halogenated alkanes) is 5. The van der Waals surface area contributed by atoms with E-state index in [0.29, 0.717) is 12.8 Å². The molecule has 1 aliphatic rings. The number of carbonyl (C=O) groups is 3. The first kappa shape index (κ1) is 23.8. The van der Waals surface area contributed by atoms with Gasteiger partial charge in [-0.25, -0.2) is 0 Å². The molecule has 3 atom stereocenters. The maximum absolute atomic E-state index is 12.4. The zero-order valence-electron chi connectivity index (χ0n) is 17.3. The van der Waals surface area contributed by atoms with Gasteiger partial charge >= 0.3 is 5.97 Å². The Morgan fingerprint density at radius 2 is 1.59 bits per heavy atom. The smallest absolute Gasteiger partial charge is 0.303 e. The molecule has 0 bridgehead atoms. The van der Waals surface area contributed by atoms with Crippen LogP contribution in [-0.4, -0.2) is 33.9 Å². The summed E-state index contributed by atoms with van der Waals surface area (Å²) in [6.45, 7) is 5.93. The lowest BCUT2D eigenvalue weighted by Crippen LogP contribution is -2.27. The minimum Gasteiger partial charge on any atom is -0.481 e. The van der Waals surface area contributed by atoms with Crippen LogP contribution in [0.2, 0.25) is 0 Å². The molecule has 27 heavy (non-hydrogen) atoms. The predicted molar refractivity (Wildman–Crippen MR) is 105 cm³/mol. The average molecular weight is 383 g/mol. The van der Waals surface area contributed by atoms with Crippen molar-refractivity contribution in [1.82, 2.24) is 0 Å². The summed E-state index contributed by atoms with van der Waals surface area (Å²) in [6.07, 6.45) is 8.23. The van der Waals surface area contributed by atoms with Crippen molar-refractivity contribution >= 4 is 17.5 Å². The second kappa shape index (κ2) is 11.6. The van der Waals surface area contributed by atoms with Crippen molar-refractivity contribution in [3.63, 3.8) is 0 Å². The molecular weight excluding hydrogens is 344 g/mol. The van der Waals surface area contributed by atoms with Crippen molar-refractivity contribution in [2.45, 2.75) is 104 Å². The maximum Gasteiger partial charge on any atom is 0.303 e. The lowest BCUT2D eigenvalue weighted by atomic mass is 9.79. The number of aliphatic carboxylic acids is 1. The van der Waals surface area contributed by atoms with Crippen molar-refractivity contribution in [2.24, 2.45) is 17.3 Å². The summed E-state index contributed by atoms with van der Waals surface area (Å²) in [5, 5.41) is 18.9. The lowest BCUT2D eigenvalue weighted by molar-refractivity contribution is -0.137. The Bertz CT molecular complexity index is 497. The fraction of sp³-hybridized carbons (Fsp3) is 0.864. The van der Waals surface area contributed by atoms with Crippen molar-refractivity contribution in [2.75, 3.05) is 0 Å². The fourth-order valence-electron chi connectivity index (χ4n) is 3.97. The number of carboxylic acid groups (broad SMARTS) is 1. The van der Waals surface area contributed by atoms with Crippen LogP contribution in [0.1, 0.15) is 97.8 Å². The van der Waals surface area contributed by atoms with Crippen LogP contribution in [-0.2, 0) is 14.4 Å². The van der Waals surface area contributed by atoms with Gasteiger partial charge in [-0.1, -0.05) is 52.9 Å². The number of Topliss-reactive ketones (excluding diaryl/α,β-unsaturated/α-hetero) is 2. The van der Waals surface area contributed by atoms with Crippen molar-refractivity contribution in [3.8, 4) is 0 Å². The van der Waals surface area contributed by atoms with Gasteiger partial charge in [0.2, 0.25) is 0 Å². The minimum atomic E-state index is -0.736. The van der Waals surface area contributed by atoms with Gasteiger partial charge in [0.25, 0.3) is 0 Å². The van der Waals surface area contributed by atoms with Gasteiger partial charge in [-0.15, -0.1) is 0 Å². The summed E-state index contributed by atoms with van der Waals surface area (Å²) in [4.78, 5) is 35.1. The third kappa shape index (κ3) is 8.12. The Morgan fingerprint density at radius 3 is 2.19 bits per heavy atom. The Morgan fingerprint density at radius 1 is 1.00 bits per heavy atom. The van der Waals surface area contributed by atoms with Crippen LogP contribution in [0.15, 0.2) is 0 Å². The standard InChI is InChI=1S/C22H38O5/c1-4-22(2,3)20(25)14-13-17-16(18(23)15-19(17)24)11-9-7-5-6-8-10-12-21(26)27/h16-17,19,24H,4-15H2,1-3H3,(H,26,27)/t16?,17-,19?/m1/s1. The summed E-state index contributed by atoms with van der Waals surface area (Å²) >= 11 is 0. The van der Waals surface area contributed by atoms with Gasteiger partial charge < -0.3 is 10.2 Å². The van der Waals surface area contributed by atoms with Crippen molar-refractivity contribution in [1.29, 1.82) is 0 Å². The van der Waals surface area contributed by atoms with E-state index in [9.17, 15) is 19.5 Å². The molecule has 0 radical (unpaired) electrons. The summed E-state index contributed by atoms with van der Waals surface area (Å²) < 4.78 is 0. The average Bonchev–Trinajstić information content (AvgIpc) is 2.87. The molecule has 1 rings (SSSR count). The number of hydrogen-bond acceptors (Lipinski definition) is 4. The summed E-state index contributed by atoms with van der Waals surface area (Å²) in [6, 6.07) is 0. The molecule has 0 spiro atoms. The van der Waals surface area contributed by atoms with E-state index in [-0.39, 0.29) is 41.7 Å². The van der Waals surface area contributed by atoms with Crippen LogP contribution < -0.4 is 0 Å². The molecule has 0 aromatic carbocycles. The molecule has 5 heteroatoms. The molecule has 0 saturated heterocycles. The summed E-state index contributed by atoms with van der Waals surface area (Å²) in [7, 11) is 0. The highest BCUT2D eigenvalue weighted by atomic mass is 16.4. The molecule has 156 valence electrons. The van der Waals surface area contributed by atoms with E-state index in [1.54, 1.807) is 0 Å². The van der Waals surface area contributed by atoms with E-state index in [0.717, 1.165) is 51.4 Å². The third-order valence-electron chi connectivity index (χ3n) is 6.33. The maximum atomic E-state index is 12.4. The SMILES string of the molecule is CCC(C)(C)C(=O)CC[C@H]1C(O)CC(=O)C1CCCCCCCCC(=O)O. The lowest BCUT2D eigenvalue weighted by Gasteiger charge is -2.24. The number of aliphatic hydroxyl groups excluding tert-OH is 1. The highest BCUT2D eigenvalue weighted by Gasteiger charge is 2.41. The number of carboxylic acids is 1. The largest absolute Gasteiger partial charge is 0.481 e. The minimum absolute atomic E-state index is 0.0790. The monoisotopic (exact) mass is 382 g/mol. The zero-order valence-corrected chi connectivity index (χ0v) is 17.3. The van der Waals surface area contributed by atoms with E-state index >= 15 is 0 Å². The fourth-order valence-corrected chi connectivity index (χ4v) is 3.97. The van der Waals surface area contributed by atoms with Crippen molar-refractivity contribution in [3.05, 3.63) is 0 Å². The van der Waals surface area contributed by atoms with Crippen LogP contribution in [0, 0.1) is 17.3 Å². The van der Waals surface area contributed by atoms with Gasteiger partial charge in [0.05, 0.1) is 6.10 Å². The highest BCUT2D eigenvalue weighted by molar-refractivity contribution is 5.85. The molecule has 0 heterocycles. The van der Waals surface area contributed by atoms with Gasteiger partial charge in [0, 0.05) is 30.6 Å². The van der Waals surface area contributed by atoms with Crippen molar-refractivity contribution < 1.29 is 24.6 Å². The van der Waals surface area contributed by atoms with Gasteiger partial charge in [-0.2, -0.15) is 0 Å². The van der Waals surface area contributed by atoms with Crippen LogP contribution in [0.4, 0.5) is 0 Å². The Hall–Kier alpha value is -1.23. The topological polar surface area (TPSA) is 91.7 Å². The molecule has 5 nitrogen and oxygen atoms in total. The first-order chi connectivity index (χ1) is 12.7. The van der Waals surface area contributed by atoms with Gasteiger partial charge in [-0.05, 0) is 31.6 Å². The number of rotatable bonds is 14. The second-order valence-electron chi connectivity index (χ2n) is 8.76. The van der Waals surface area contributed by atoms with E-state index in [1.807, 2.05) is 20.8 Å². The van der Waals surface area contributed by atoms with Crippen LogP contribution in [0.25, 0.3) is 0 Å². The highest BCUT2D eigenvalue weighted by Crippen LogP contribution is 2.37. The molecule has 0 aliphatic heterocycles. The Kier molecular flexibility index (Phi) is 10.2. The number of aliphatic hydroxyl groups is 1. The van der Waals surface area contributed by atoms with E-state index in [4.69, 9.17) is 5.11 Å². The molecule has 1 aliphatic carbocycles. The molecule has 1 fully saturated rings. The molecule has 2 N–H and O–H groups in total. The Labute approximate surface area is 163 Å². The van der Waals surface area contributed by atoms with Crippen LogP contribution >= 0.6 is 0 Å². The normalized spacial score (nSPS) is 23.0. The molecule has 1 saturated carbocycles. The van der Waals surface area contributed by atoms with Gasteiger partial charge in [-0.3, -0.25) is 14.4 Å². The van der Waals surface area contributed by atoms with Gasteiger partial charge in [0.15, 0.2) is 0 Å². The molecule has 2 unspecified atom stereocenters. The summed E-state index contributed by atoms with van der Waals surface area (Å²) in [5.74, 6) is -0.554. The first-order valence-corrected chi connectivity index (χ1v) is 10.6. The van der Waals surface area contributed by atoms with E-state index in [1.165, 1.54) is 0 Å². The van der Waals surface area contributed by atoms with E-state index < -0.39 is 12.1 Å². The molecular formula is C22H38O5. The first-order valence-electron chi connectivity index (χ1n) is 10.6. The number of carbonyl (C=O) groups excluding carboxylic acids is 2. The molecule has 0 amide bonds. The number of ketones is 2. The quantitative estimate of drug-likeness (QED) is 0.430. The zero-order chi connectivity index (χ0) is 20.4.